The SMILES string of the molecule is CC(C)c1cccc(Oc2nc(-c3ccccc3F)nc3ccccc23)c1. The van der Waals surface area contributed by atoms with Crippen LogP contribution in [0.25, 0.3) is 22.3 Å². The summed E-state index contributed by atoms with van der Waals surface area (Å²) >= 11 is 0. The van der Waals surface area contributed by atoms with Crippen LogP contribution in [0.15, 0.2) is 72.8 Å². The summed E-state index contributed by atoms with van der Waals surface area (Å²) in [7, 11) is 0. The van der Waals surface area contributed by atoms with E-state index in [2.05, 4.69) is 29.9 Å². The Balaban J connectivity index is 1.84. The number of rotatable bonds is 4. The van der Waals surface area contributed by atoms with Gasteiger partial charge in [0.1, 0.15) is 11.6 Å². The van der Waals surface area contributed by atoms with Crippen molar-refractivity contribution < 1.29 is 9.13 Å². The van der Waals surface area contributed by atoms with E-state index in [0.29, 0.717) is 34.5 Å². The first-order valence-electron chi connectivity index (χ1n) is 8.91. The van der Waals surface area contributed by atoms with Crippen LogP contribution < -0.4 is 4.74 Å². The van der Waals surface area contributed by atoms with Crippen LogP contribution in [-0.4, -0.2) is 9.97 Å². The van der Waals surface area contributed by atoms with E-state index >= 15 is 0 Å². The molecule has 4 heteroatoms. The lowest BCUT2D eigenvalue weighted by atomic mass is 10.0. The van der Waals surface area contributed by atoms with Gasteiger partial charge in [-0.2, -0.15) is 4.98 Å². The Labute approximate surface area is 157 Å². The minimum atomic E-state index is -0.361. The van der Waals surface area contributed by atoms with Gasteiger partial charge >= 0.3 is 0 Å². The van der Waals surface area contributed by atoms with Crippen molar-refractivity contribution in [2.45, 2.75) is 19.8 Å². The van der Waals surface area contributed by atoms with Gasteiger partial charge in [0.25, 0.3) is 0 Å². The molecule has 0 bridgehead atoms. The Morgan fingerprint density at radius 1 is 0.852 bits per heavy atom. The average Bonchev–Trinajstić information content (AvgIpc) is 2.68. The summed E-state index contributed by atoms with van der Waals surface area (Å²) in [5.41, 5.74) is 2.24. The summed E-state index contributed by atoms with van der Waals surface area (Å²) < 4.78 is 20.4. The molecule has 27 heavy (non-hydrogen) atoms. The average molecular weight is 358 g/mol. The van der Waals surface area contributed by atoms with Gasteiger partial charge in [-0.15, -0.1) is 0 Å². The molecule has 0 aliphatic carbocycles. The Bertz CT molecular complexity index is 1110. The van der Waals surface area contributed by atoms with Crippen LogP contribution in [0.3, 0.4) is 0 Å². The van der Waals surface area contributed by atoms with E-state index in [1.54, 1.807) is 18.2 Å². The summed E-state index contributed by atoms with van der Waals surface area (Å²) in [6, 6.07) is 22.0. The first-order chi connectivity index (χ1) is 13.1. The second kappa shape index (κ2) is 7.16. The van der Waals surface area contributed by atoms with E-state index < -0.39 is 0 Å². The molecule has 0 amide bonds. The van der Waals surface area contributed by atoms with Crippen LogP contribution in [0.2, 0.25) is 0 Å². The van der Waals surface area contributed by atoms with Crippen LogP contribution in [0, 0.1) is 5.82 Å². The number of para-hydroxylation sites is 1. The predicted molar refractivity (Wildman–Crippen MR) is 106 cm³/mol. The van der Waals surface area contributed by atoms with Crippen molar-refractivity contribution in [3.8, 4) is 23.0 Å². The lowest BCUT2D eigenvalue weighted by Crippen LogP contribution is -1.98. The van der Waals surface area contributed by atoms with Crippen LogP contribution in [-0.2, 0) is 0 Å². The summed E-state index contributed by atoms with van der Waals surface area (Å²) in [5, 5.41) is 0.785. The lowest BCUT2D eigenvalue weighted by Gasteiger charge is -2.12. The summed E-state index contributed by atoms with van der Waals surface area (Å²) in [4.78, 5) is 9.05. The number of nitrogens with zero attached hydrogens (tertiary/aromatic N) is 2. The predicted octanol–water partition coefficient (Wildman–Crippen LogP) is 6.35. The van der Waals surface area contributed by atoms with Crippen LogP contribution >= 0.6 is 0 Å². The fourth-order valence-corrected chi connectivity index (χ4v) is 2.94. The molecule has 134 valence electrons. The molecule has 4 rings (SSSR count). The fraction of sp³-hybridized carbons (Fsp3) is 0.130. The molecule has 0 spiro atoms. The Hall–Kier alpha value is -3.27. The third kappa shape index (κ3) is 3.51. The molecule has 0 aliphatic heterocycles. The van der Waals surface area contributed by atoms with Gasteiger partial charge in [-0.25, -0.2) is 9.37 Å². The third-order valence-corrected chi connectivity index (χ3v) is 4.42. The zero-order valence-corrected chi connectivity index (χ0v) is 15.2. The third-order valence-electron chi connectivity index (χ3n) is 4.42. The Morgan fingerprint density at radius 2 is 1.63 bits per heavy atom. The molecule has 4 aromatic rings. The largest absolute Gasteiger partial charge is 0.438 e. The minimum Gasteiger partial charge on any atom is -0.438 e. The topological polar surface area (TPSA) is 35.0 Å². The first kappa shape index (κ1) is 17.2. The molecule has 0 atom stereocenters. The van der Waals surface area contributed by atoms with E-state index in [0.717, 1.165) is 5.39 Å². The molecule has 0 unspecified atom stereocenters. The number of fused-ring (bicyclic) bond motifs is 1. The maximum atomic E-state index is 14.3. The number of halogens is 1. The van der Waals surface area contributed by atoms with Crippen molar-refractivity contribution in [2.24, 2.45) is 0 Å². The van der Waals surface area contributed by atoms with Gasteiger partial charge in [0, 0.05) is 0 Å². The zero-order chi connectivity index (χ0) is 18.8. The highest BCUT2D eigenvalue weighted by Crippen LogP contribution is 2.31. The molecule has 3 nitrogen and oxygen atoms in total. The van der Waals surface area contributed by atoms with E-state index in [4.69, 9.17) is 4.74 Å². The summed E-state index contributed by atoms with van der Waals surface area (Å²) in [6.07, 6.45) is 0. The molecular weight excluding hydrogens is 339 g/mol. The highest BCUT2D eigenvalue weighted by Gasteiger charge is 2.14. The number of hydrogen-bond acceptors (Lipinski definition) is 3. The fourth-order valence-electron chi connectivity index (χ4n) is 2.94. The van der Waals surface area contributed by atoms with Crippen molar-refractivity contribution in [3.05, 3.63) is 84.2 Å². The van der Waals surface area contributed by atoms with Gasteiger partial charge < -0.3 is 4.74 Å². The van der Waals surface area contributed by atoms with Gasteiger partial charge in [-0.3, -0.25) is 0 Å². The molecular formula is C23H19FN2O. The molecule has 1 aromatic heterocycles. The lowest BCUT2D eigenvalue weighted by molar-refractivity contribution is 0.468. The van der Waals surface area contributed by atoms with Crippen LogP contribution in [0.5, 0.6) is 11.6 Å². The minimum absolute atomic E-state index is 0.307. The summed E-state index contributed by atoms with van der Waals surface area (Å²) in [6.45, 7) is 4.27. The number of aromatic nitrogens is 2. The molecule has 0 radical (unpaired) electrons. The Morgan fingerprint density at radius 3 is 2.44 bits per heavy atom. The van der Waals surface area contributed by atoms with Gasteiger partial charge in [-0.1, -0.05) is 50.2 Å². The van der Waals surface area contributed by atoms with Crippen molar-refractivity contribution in [1.82, 2.24) is 9.97 Å². The van der Waals surface area contributed by atoms with Crippen LogP contribution in [0.1, 0.15) is 25.3 Å². The van der Waals surface area contributed by atoms with Gasteiger partial charge in [0.2, 0.25) is 5.88 Å². The highest BCUT2D eigenvalue weighted by molar-refractivity contribution is 5.85. The van der Waals surface area contributed by atoms with Gasteiger partial charge in [0.05, 0.1) is 16.5 Å². The molecule has 1 heterocycles. The van der Waals surface area contributed by atoms with Crippen molar-refractivity contribution in [1.29, 1.82) is 0 Å². The van der Waals surface area contributed by atoms with Crippen LogP contribution in [0.4, 0.5) is 4.39 Å². The number of ether oxygens (including phenoxy) is 1. The van der Waals surface area contributed by atoms with Crippen molar-refractivity contribution in [2.75, 3.05) is 0 Å². The molecule has 0 N–H and O–H groups in total. The molecule has 0 saturated heterocycles. The van der Waals surface area contributed by atoms with Crippen molar-refractivity contribution >= 4 is 10.9 Å². The van der Waals surface area contributed by atoms with E-state index in [1.165, 1.54) is 11.6 Å². The second-order valence-corrected chi connectivity index (χ2v) is 6.68. The monoisotopic (exact) mass is 358 g/mol. The maximum Gasteiger partial charge on any atom is 0.230 e. The molecule has 3 aromatic carbocycles. The first-order valence-corrected chi connectivity index (χ1v) is 8.91. The second-order valence-electron chi connectivity index (χ2n) is 6.68. The standard InChI is InChI=1S/C23H19FN2O/c1-15(2)16-8-7-9-17(14-16)27-23-19-11-4-6-13-21(19)25-22(26-23)18-10-3-5-12-20(18)24/h3-15H,1-2H3. The molecule has 0 fully saturated rings. The van der Waals surface area contributed by atoms with Crippen molar-refractivity contribution in [3.63, 3.8) is 0 Å². The van der Waals surface area contributed by atoms with Gasteiger partial charge in [0.15, 0.2) is 5.82 Å². The molecule has 0 aliphatic rings. The Kier molecular flexibility index (Phi) is 4.55. The summed E-state index contributed by atoms with van der Waals surface area (Å²) in [5.74, 6) is 1.45. The van der Waals surface area contributed by atoms with E-state index in [1.807, 2.05) is 42.5 Å². The number of hydrogen-bond donors (Lipinski definition) is 0. The smallest absolute Gasteiger partial charge is 0.230 e. The zero-order valence-electron chi connectivity index (χ0n) is 15.2. The molecule has 0 saturated carbocycles. The highest BCUT2D eigenvalue weighted by atomic mass is 19.1. The number of benzene rings is 3. The normalized spacial score (nSPS) is 11.1. The maximum absolute atomic E-state index is 14.3. The van der Waals surface area contributed by atoms with E-state index in [-0.39, 0.29) is 5.82 Å². The van der Waals surface area contributed by atoms with Gasteiger partial charge in [-0.05, 0) is 47.9 Å². The van der Waals surface area contributed by atoms with E-state index in [9.17, 15) is 4.39 Å². The quantitative estimate of drug-likeness (QED) is 0.426.